The molecule has 26 heavy (non-hydrogen) atoms. The molecule has 0 atom stereocenters. The molecule has 4 heteroatoms. The summed E-state index contributed by atoms with van der Waals surface area (Å²) in [7, 11) is 4.05. The van der Waals surface area contributed by atoms with Crippen LogP contribution in [0.15, 0.2) is 73.1 Å². The lowest BCUT2D eigenvalue weighted by Crippen LogP contribution is -2.31. The molecule has 4 aromatic rings. The van der Waals surface area contributed by atoms with Gasteiger partial charge in [0, 0.05) is 43.3 Å². The second kappa shape index (κ2) is 6.73. The van der Waals surface area contributed by atoms with E-state index in [2.05, 4.69) is 38.8 Å². The van der Waals surface area contributed by atoms with Crippen LogP contribution in [-0.4, -0.2) is 19.1 Å². The van der Waals surface area contributed by atoms with Gasteiger partial charge in [0.25, 0.3) is 0 Å². The van der Waals surface area contributed by atoms with E-state index in [-0.39, 0.29) is 0 Å². The lowest BCUT2D eigenvalue weighted by molar-refractivity contribution is -0.603. The molecule has 0 N–H and O–H groups in total. The third-order valence-electron chi connectivity index (χ3n) is 4.12. The highest BCUT2D eigenvalue weighted by Gasteiger charge is 2.04. The molecular formula is C22H18N4. The highest BCUT2D eigenvalue weighted by atomic mass is 15.1. The Balaban J connectivity index is 1.54. The number of benzene rings is 2. The first-order valence-electron chi connectivity index (χ1n) is 8.40. The fourth-order valence-electron chi connectivity index (χ4n) is 2.64. The van der Waals surface area contributed by atoms with Crippen molar-refractivity contribution in [2.75, 3.05) is 19.0 Å². The van der Waals surface area contributed by atoms with E-state index in [9.17, 15) is 0 Å². The van der Waals surface area contributed by atoms with Gasteiger partial charge in [-0.2, -0.15) is 0 Å². The quantitative estimate of drug-likeness (QED) is 0.416. The largest absolute Gasteiger partial charge is 0.378 e. The summed E-state index contributed by atoms with van der Waals surface area (Å²) < 4.78 is 1.90. The summed E-state index contributed by atoms with van der Waals surface area (Å²) in [6, 6.07) is 20.0. The number of imidazole rings is 1. The maximum Gasteiger partial charge on any atom is 0.234 e. The molecule has 4 nitrogen and oxygen atoms in total. The maximum atomic E-state index is 4.54. The number of hydrogen-bond acceptors (Lipinski definition) is 2. The van der Waals surface area contributed by atoms with Crippen molar-refractivity contribution in [3.05, 3.63) is 84.2 Å². The van der Waals surface area contributed by atoms with Gasteiger partial charge in [0.15, 0.2) is 0 Å². The van der Waals surface area contributed by atoms with Crippen molar-refractivity contribution in [2.24, 2.45) is 0 Å². The monoisotopic (exact) mass is 338 g/mol. The van der Waals surface area contributed by atoms with E-state index in [1.165, 1.54) is 5.69 Å². The molecule has 0 bridgehead atoms. The second-order valence-corrected chi connectivity index (χ2v) is 6.20. The zero-order valence-electron chi connectivity index (χ0n) is 14.7. The number of anilines is 1. The molecule has 0 saturated carbocycles. The molecule has 0 amide bonds. The number of aromatic nitrogens is 3. The highest BCUT2D eigenvalue weighted by Crippen LogP contribution is 2.12. The fourth-order valence-corrected chi connectivity index (χ4v) is 2.64. The second-order valence-electron chi connectivity index (χ2n) is 6.20. The number of nitrogens with zero attached hydrogens (tertiary/aromatic N) is 4. The first-order chi connectivity index (χ1) is 12.7. The Morgan fingerprint density at radius 1 is 0.846 bits per heavy atom. The molecule has 2 aromatic carbocycles. The van der Waals surface area contributed by atoms with E-state index in [1.807, 2.05) is 79.6 Å². The van der Waals surface area contributed by atoms with Gasteiger partial charge in [-0.1, -0.05) is 24.0 Å². The van der Waals surface area contributed by atoms with Crippen LogP contribution in [0.4, 0.5) is 5.69 Å². The fraction of sp³-hybridized carbons (Fsp3) is 0.0909. The molecule has 0 unspecified atom stereocenters. The Morgan fingerprint density at radius 3 is 2.15 bits per heavy atom. The van der Waals surface area contributed by atoms with Crippen molar-refractivity contribution in [2.45, 2.75) is 0 Å². The van der Waals surface area contributed by atoms with Crippen LogP contribution in [0.25, 0.3) is 17.0 Å². The summed E-state index contributed by atoms with van der Waals surface area (Å²) in [6.07, 6.45) is 3.88. The highest BCUT2D eigenvalue weighted by molar-refractivity contribution is 5.75. The molecule has 2 heterocycles. The van der Waals surface area contributed by atoms with Crippen LogP contribution in [-0.2, 0) is 0 Å². The summed E-state index contributed by atoms with van der Waals surface area (Å²) in [5.41, 5.74) is 4.92. The van der Waals surface area contributed by atoms with Crippen LogP contribution in [0.2, 0.25) is 0 Å². The standard InChI is InChI=1S/C22H18N4/c1-25(2)19-11-9-17(10-12-19)7-8-18-13-15-26(16-14-18)22-23-20-5-3-4-6-21(20)24-22/h3-6,9-16H,1-2H3. The predicted octanol–water partition coefficient (Wildman–Crippen LogP) is 2.93. The Kier molecular flexibility index (Phi) is 4.12. The first kappa shape index (κ1) is 15.9. The summed E-state index contributed by atoms with van der Waals surface area (Å²) in [5.74, 6) is 7.07. The minimum atomic E-state index is 0.671. The van der Waals surface area contributed by atoms with E-state index in [0.29, 0.717) is 5.95 Å². The molecule has 4 rings (SSSR count). The van der Waals surface area contributed by atoms with Crippen LogP contribution in [0, 0.1) is 11.8 Å². The molecule has 0 aliphatic rings. The zero-order chi connectivity index (χ0) is 17.9. The number of para-hydroxylation sites is 2. The van der Waals surface area contributed by atoms with Crippen molar-refractivity contribution in [3.63, 3.8) is 0 Å². The molecule has 0 fully saturated rings. The van der Waals surface area contributed by atoms with Crippen molar-refractivity contribution >= 4 is 16.7 Å². The Bertz CT molecular complexity index is 1060. The lowest BCUT2D eigenvalue weighted by atomic mass is 10.2. The van der Waals surface area contributed by atoms with Crippen LogP contribution in [0.1, 0.15) is 11.1 Å². The van der Waals surface area contributed by atoms with Crippen molar-refractivity contribution < 1.29 is 4.57 Å². The number of fused-ring (bicyclic) bond motifs is 1. The average Bonchev–Trinajstić information content (AvgIpc) is 3.11. The normalized spacial score (nSPS) is 10.4. The zero-order valence-corrected chi connectivity index (χ0v) is 14.7. The van der Waals surface area contributed by atoms with Gasteiger partial charge in [0.05, 0.1) is 11.0 Å². The van der Waals surface area contributed by atoms with Gasteiger partial charge in [0.1, 0.15) is 0 Å². The minimum absolute atomic E-state index is 0.671. The Labute approximate surface area is 152 Å². The molecule has 2 aromatic heterocycles. The molecule has 0 saturated heterocycles. The van der Waals surface area contributed by atoms with Crippen molar-refractivity contribution in [3.8, 4) is 17.8 Å². The van der Waals surface area contributed by atoms with Crippen LogP contribution < -0.4 is 14.5 Å². The van der Waals surface area contributed by atoms with Gasteiger partial charge in [-0.05, 0) is 48.5 Å². The molecule has 0 spiro atoms. The van der Waals surface area contributed by atoms with Gasteiger partial charge < -0.3 is 4.90 Å². The average molecular weight is 338 g/mol. The summed E-state index contributed by atoms with van der Waals surface area (Å²) in [6.45, 7) is 0. The van der Waals surface area contributed by atoms with E-state index in [4.69, 9.17) is 0 Å². The Morgan fingerprint density at radius 2 is 1.50 bits per heavy atom. The van der Waals surface area contributed by atoms with Crippen molar-refractivity contribution in [1.82, 2.24) is 9.97 Å². The lowest BCUT2D eigenvalue weighted by Gasteiger charge is -2.11. The van der Waals surface area contributed by atoms with Crippen LogP contribution in [0.3, 0.4) is 0 Å². The van der Waals surface area contributed by atoms with Gasteiger partial charge in [-0.3, -0.25) is 4.57 Å². The molecule has 0 aliphatic heterocycles. The summed E-state index contributed by atoms with van der Waals surface area (Å²) in [4.78, 5) is 11.2. The predicted molar refractivity (Wildman–Crippen MR) is 103 cm³/mol. The molecule has 0 aliphatic carbocycles. The maximum absolute atomic E-state index is 4.54. The van der Waals surface area contributed by atoms with Crippen LogP contribution >= 0.6 is 0 Å². The van der Waals surface area contributed by atoms with Gasteiger partial charge in [-0.25, -0.2) is 9.97 Å². The van der Waals surface area contributed by atoms with Gasteiger partial charge in [0.2, 0.25) is 5.95 Å². The molecule has 0 radical (unpaired) electrons. The number of rotatable bonds is 2. The van der Waals surface area contributed by atoms with E-state index < -0.39 is 0 Å². The summed E-state index contributed by atoms with van der Waals surface area (Å²) >= 11 is 0. The molecule has 126 valence electrons. The smallest absolute Gasteiger partial charge is 0.234 e. The Hall–Kier alpha value is -3.58. The van der Waals surface area contributed by atoms with E-state index in [1.54, 1.807) is 0 Å². The van der Waals surface area contributed by atoms with Gasteiger partial charge >= 0.3 is 0 Å². The third kappa shape index (κ3) is 3.28. The third-order valence-corrected chi connectivity index (χ3v) is 4.12. The number of hydrogen-bond donors (Lipinski definition) is 0. The first-order valence-corrected chi connectivity index (χ1v) is 8.40. The molecular weight excluding hydrogens is 320 g/mol. The number of pyridine rings is 1. The topological polar surface area (TPSA) is 34.1 Å². The minimum Gasteiger partial charge on any atom is -0.378 e. The SMILES string of the molecule is CN(C)c1ccc(C#Cc2cc[n+](-c3nc4ccccc4[n-]3)cc2)cc1. The van der Waals surface area contributed by atoms with E-state index >= 15 is 0 Å². The summed E-state index contributed by atoms with van der Waals surface area (Å²) in [5, 5.41) is 0. The van der Waals surface area contributed by atoms with Crippen LogP contribution in [0.5, 0.6) is 0 Å². The van der Waals surface area contributed by atoms with Crippen molar-refractivity contribution in [1.29, 1.82) is 0 Å². The van der Waals surface area contributed by atoms with Gasteiger partial charge in [-0.15, -0.1) is 0 Å². The van der Waals surface area contributed by atoms with E-state index in [0.717, 1.165) is 22.2 Å².